The minimum Gasteiger partial charge on any atom is -0.369 e. The van der Waals surface area contributed by atoms with Crippen molar-refractivity contribution in [3.05, 3.63) is 70.3 Å². The fourth-order valence-corrected chi connectivity index (χ4v) is 4.54. The molecule has 9 nitrogen and oxygen atoms in total. The zero-order valence-corrected chi connectivity index (χ0v) is 16.5. The highest BCUT2D eigenvalue weighted by Gasteiger charge is 2.27. The van der Waals surface area contributed by atoms with Crippen LogP contribution in [-0.2, 0) is 10.0 Å². The number of carbonyl (C=O) groups excluding carboxylic acids is 1. The highest BCUT2D eigenvalue weighted by atomic mass is 32.2. The molecule has 2 aromatic rings. The van der Waals surface area contributed by atoms with Gasteiger partial charge in [0.15, 0.2) is 0 Å². The van der Waals surface area contributed by atoms with Crippen LogP contribution >= 0.6 is 0 Å². The molecule has 1 fully saturated rings. The monoisotopic (exact) mass is 418 g/mol. The quantitative estimate of drug-likeness (QED) is 0.538. The van der Waals surface area contributed by atoms with Crippen molar-refractivity contribution in [1.29, 1.82) is 0 Å². The van der Waals surface area contributed by atoms with Gasteiger partial charge < -0.3 is 10.2 Å². The molecule has 1 heterocycles. The van der Waals surface area contributed by atoms with Crippen molar-refractivity contribution in [3.8, 4) is 0 Å². The number of nitro benzene ring substituents is 1. The summed E-state index contributed by atoms with van der Waals surface area (Å²) in [6.07, 6.45) is 0. The Bertz CT molecular complexity index is 973. The number of piperazine rings is 1. The van der Waals surface area contributed by atoms with Crippen LogP contribution in [0.4, 0.5) is 11.4 Å². The average Bonchev–Trinajstić information content (AvgIpc) is 2.74. The number of amides is 1. The summed E-state index contributed by atoms with van der Waals surface area (Å²) in [5.41, 5.74) is 0.650. The first-order valence-corrected chi connectivity index (χ1v) is 10.8. The van der Waals surface area contributed by atoms with Crippen LogP contribution in [0.3, 0.4) is 0 Å². The molecule has 0 aliphatic carbocycles. The molecule has 1 saturated heterocycles. The number of nitro groups is 1. The smallest absolute Gasteiger partial charge is 0.282 e. The van der Waals surface area contributed by atoms with Crippen molar-refractivity contribution in [2.24, 2.45) is 0 Å². The SMILES string of the molecule is O=C(NCCS(=O)(=O)N1CCN(c2ccccc2)CC1)c1ccccc1[N+](=O)[O-]. The summed E-state index contributed by atoms with van der Waals surface area (Å²) in [6, 6.07) is 15.4. The van der Waals surface area contributed by atoms with E-state index < -0.39 is 20.9 Å². The topological polar surface area (TPSA) is 113 Å². The number of rotatable bonds is 7. The summed E-state index contributed by atoms with van der Waals surface area (Å²) in [5, 5.41) is 13.5. The number of hydrogen-bond acceptors (Lipinski definition) is 6. The summed E-state index contributed by atoms with van der Waals surface area (Å²) in [4.78, 5) is 24.7. The molecule has 1 aliphatic rings. The normalized spacial score (nSPS) is 15.1. The maximum atomic E-state index is 12.6. The number of nitrogens with zero attached hydrogens (tertiary/aromatic N) is 3. The molecule has 0 unspecified atom stereocenters. The van der Waals surface area contributed by atoms with E-state index in [1.54, 1.807) is 0 Å². The van der Waals surface area contributed by atoms with Crippen LogP contribution in [0.15, 0.2) is 54.6 Å². The second kappa shape index (κ2) is 9.01. The minimum absolute atomic E-state index is 0.0913. The second-order valence-corrected chi connectivity index (χ2v) is 8.66. The number of para-hydroxylation sites is 2. The third-order valence-corrected chi connectivity index (χ3v) is 6.62. The molecule has 0 bridgehead atoms. The molecule has 0 radical (unpaired) electrons. The third-order valence-electron chi connectivity index (χ3n) is 4.74. The first-order chi connectivity index (χ1) is 13.9. The van der Waals surface area contributed by atoms with E-state index in [4.69, 9.17) is 0 Å². The lowest BCUT2D eigenvalue weighted by molar-refractivity contribution is -0.385. The molecular weight excluding hydrogens is 396 g/mol. The molecule has 0 saturated carbocycles. The van der Waals surface area contributed by atoms with E-state index in [2.05, 4.69) is 10.2 Å². The lowest BCUT2D eigenvalue weighted by Crippen LogP contribution is -2.50. The van der Waals surface area contributed by atoms with Gasteiger partial charge in [-0.25, -0.2) is 8.42 Å². The predicted octanol–water partition coefficient (Wildman–Crippen LogP) is 1.48. The minimum atomic E-state index is -3.54. The van der Waals surface area contributed by atoms with Gasteiger partial charge in [-0.2, -0.15) is 4.31 Å². The summed E-state index contributed by atoms with van der Waals surface area (Å²) in [5.74, 6) is -0.925. The van der Waals surface area contributed by atoms with Crippen LogP contribution in [0.1, 0.15) is 10.4 Å². The van der Waals surface area contributed by atoms with Gasteiger partial charge in [0.2, 0.25) is 10.0 Å². The van der Waals surface area contributed by atoms with Gasteiger partial charge in [0.25, 0.3) is 11.6 Å². The molecule has 29 heavy (non-hydrogen) atoms. The largest absolute Gasteiger partial charge is 0.369 e. The van der Waals surface area contributed by atoms with E-state index in [0.717, 1.165) is 5.69 Å². The predicted molar refractivity (Wildman–Crippen MR) is 109 cm³/mol. The average molecular weight is 418 g/mol. The van der Waals surface area contributed by atoms with Crippen LogP contribution < -0.4 is 10.2 Å². The Balaban J connectivity index is 1.52. The van der Waals surface area contributed by atoms with Crippen LogP contribution in [-0.4, -0.2) is 62.0 Å². The van der Waals surface area contributed by atoms with Crippen LogP contribution in [0.25, 0.3) is 0 Å². The fraction of sp³-hybridized carbons (Fsp3) is 0.316. The molecule has 1 aliphatic heterocycles. The van der Waals surface area contributed by atoms with E-state index in [9.17, 15) is 23.3 Å². The van der Waals surface area contributed by atoms with E-state index in [1.807, 2.05) is 30.3 Å². The van der Waals surface area contributed by atoms with E-state index >= 15 is 0 Å². The number of anilines is 1. The van der Waals surface area contributed by atoms with E-state index in [-0.39, 0.29) is 23.5 Å². The second-order valence-electron chi connectivity index (χ2n) is 6.57. The van der Waals surface area contributed by atoms with Gasteiger partial charge in [-0.1, -0.05) is 30.3 Å². The summed E-state index contributed by atoms with van der Waals surface area (Å²) in [6.45, 7) is 1.80. The van der Waals surface area contributed by atoms with Crippen LogP contribution in [0.2, 0.25) is 0 Å². The molecule has 3 rings (SSSR count). The molecule has 1 N–H and O–H groups in total. The van der Waals surface area contributed by atoms with Crippen molar-refractivity contribution >= 4 is 27.3 Å². The number of hydrogen-bond donors (Lipinski definition) is 1. The number of sulfonamides is 1. The fourth-order valence-electron chi connectivity index (χ4n) is 3.21. The highest BCUT2D eigenvalue weighted by molar-refractivity contribution is 7.89. The van der Waals surface area contributed by atoms with Crippen molar-refractivity contribution in [2.75, 3.05) is 43.4 Å². The summed E-state index contributed by atoms with van der Waals surface area (Å²) in [7, 11) is -3.54. The van der Waals surface area contributed by atoms with Crippen molar-refractivity contribution in [1.82, 2.24) is 9.62 Å². The van der Waals surface area contributed by atoms with Crippen molar-refractivity contribution in [2.45, 2.75) is 0 Å². The first kappa shape index (κ1) is 20.7. The van der Waals surface area contributed by atoms with Gasteiger partial charge >= 0.3 is 0 Å². The summed E-state index contributed by atoms with van der Waals surface area (Å²) < 4.78 is 26.6. The Labute approximate surface area is 169 Å². The van der Waals surface area contributed by atoms with Gasteiger partial charge in [0.05, 0.1) is 10.7 Å². The summed E-state index contributed by atoms with van der Waals surface area (Å²) >= 11 is 0. The Kier molecular flexibility index (Phi) is 6.45. The van der Waals surface area contributed by atoms with Gasteiger partial charge in [0, 0.05) is 44.5 Å². The van der Waals surface area contributed by atoms with Crippen molar-refractivity contribution in [3.63, 3.8) is 0 Å². The molecule has 0 atom stereocenters. The van der Waals surface area contributed by atoms with Crippen LogP contribution in [0, 0.1) is 10.1 Å². The van der Waals surface area contributed by atoms with Crippen LogP contribution in [0.5, 0.6) is 0 Å². The lowest BCUT2D eigenvalue weighted by Gasteiger charge is -2.35. The Hall–Kier alpha value is -2.98. The maximum Gasteiger partial charge on any atom is 0.282 e. The number of carbonyl (C=O) groups is 1. The van der Waals surface area contributed by atoms with E-state index in [0.29, 0.717) is 26.2 Å². The van der Waals surface area contributed by atoms with E-state index in [1.165, 1.54) is 28.6 Å². The Morgan fingerprint density at radius 1 is 1.00 bits per heavy atom. The molecule has 10 heteroatoms. The highest BCUT2D eigenvalue weighted by Crippen LogP contribution is 2.18. The van der Waals surface area contributed by atoms with Gasteiger partial charge in [-0.3, -0.25) is 14.9 Å². The molecule has 154 valence electrons. The Morgan fingerprint density at radius 2 is 1.62 bits per heavy atom. The first-order valence-electron chi connectivity index (χ1n) is 9.18. The van der Waals surface area contributed by atoms with Crippen molar-refractivity contribution < 1.29 is 18.1 Å². The molecule has 1 amide bonds. The molecular formula is C19H22N4O5S. The number of benzene rings is 2. The van der Waals surface area contributed by atoms with Gasteiger partial charge in [0.1, 0.15) is 5.56 Å². The maximum absolute atomic E-state index is 12.6. The van der Waals surface area contributed by atoms with Gasteiger partial charge in [-0.05, 0) is 18.2 Å². The Morgan fingerprint density at radius 3 is 2.28 bits per heavy atom. The lowest BCUT2D eigenvalue weighted by atomic mass is 10.1. The standard InChI is InChI=1S/C19H22N4O5S/c24-19(17-8-4-5-9-18(17)23(25)26)20-10-15-29(27,28)22-13-11-21(12-14-22)16-6-2-1-3-7-16/h1-9H,10-15H2,(H,20,24). The zero-order chi connectivity index (χ0) is 20.9. The number of nitrogens with one attached hydrogen (secondary N) is 1. The third kappa shape index (κ3) is 5.09. The molecule has 2 aromatic carbocycles. The van der Waals surface area contributed by atoms with Gasteiger partial charge in [-0.15, -0.1) is 0 Å². The zero-order valence-electron chi connectivity index (χ0n) is 15.7. The molecule has 0 spiro atoms. The molecule has 0 aromatic heterocycles.